The van der Waals surface area contributed by atoms with Crippen molar-refractivity contribution in [3.8, 4) is 0 Å². The summed E-state index contributed by atoms with van der Waals surface area (Å²) in [6.45, 7) is 11.0. The minimum Gasteiger partial charge on any atom is -0.465 e. The van der Waals surface area contributed by atoms with Crippen LogP contribution in [0.15, 0.2) is 61.2 Å². The van der Waals surface area contributed by atoms with Gasteiger partial charge < -0.3 is 30.0 Å². The molecule has 2 amide bonds. The monoisotopic (exact) mass is 707 g/mol. The van der Waals surface area contributed by atoms with E-state index in [4.69, 9.17) is 0 Å². The van der Waals surface area contributed by atoms with Gasteiger partial charge in [0.15, 0.2) is 0 Å². The zero-order valence-electron chi connectivity index (χ0n) is 29.5. The summed E-state index contributed by atoms with van der Waals surface area (Å²) in [5.74, 6) is -3.55. The highest BCUT2D eigenvalue weighted by molar-refractivity contribution is 5.87. The van der Waals surface area contributed by atoms with Gasteiger partial charge in [0, 0.05) is 62.0 Å². The number of carboxylic acid groups (broad SMARTS) is 1. The van der Waals surface area contributed by atoms with Crippen molar-refractivity contribution in [1.82, 2.24) is 20.0 Å². The van der Waals surface area contributed by atoms with Crippen LogP contribution in [0.1, 0.15) is 56.1 Å². The lowest BCUT2D eigenvalue weighted by atomic mass is 9.57. The number of nitrogens with one attached hydrogen (secondary N) is 1. The molecule has 4 heterocycles. The molecular formula is C40H52F3N5O3. The van der Waals surface area contributed by atoms with Gasteiger partial charge in [-0.1, -0.05) is 37.3 Å². The Morgan fingerprint density at radius 2 is 1.61 bits per heavy atom. The number of nitrogens with zero attached hydrogens (tertiary/aromatic N) is 4. The maximum atomic E-state index is 15.2. The Bertz CT molecular complexity index is 1560. The number of hydrogen-bond acceptors (Lipinski definition) is 5. The van der Waals surface area contributed by atoms with Crippen molar-refractivity contribution < 1.29 is 27.9 Å². The van der Waals surface area contributed by atoms with Crippen LogP contribution >= 0.6 is 0 Å². The molecule has 4 aliphatic heterocycles. The van der Waals surface area contributed by atoms with E-state index in [1.807, 2.05) is 18.2 Å². The van der Waals surface area contributed by atoms with Crippen molar-refractivity contribution in [3.05, 3.63) is 78.1 Å². The molecular weight excluding hydrogens is 655 g/mol. The Morgan fingerprint density at radius 1 is 0.863 bits per heavy atom. The summed E-state index contributed by atoms with van der Waals surface area (Å²) in [6, 6.07) is 13.7. The Hall–Kier alpha value is -3.57. The topological polar surface area (TPSA) is 79.4 Å². The highest BCUT2D eigenvalue weighted by Crippen LogP contribution is 2.51. The summed E-state index contributed by atoms with van der Waals surface area (Å²) in [5, 5.41) is 12.6. The minimum absolute atomic E-state index is 0.00772. The molecule has 1 saturated carbocycles. The largest absolute Gasteiger partial charge is 0.465 e. The zero-order valence-corrected chi connectivity index (χ0v) is 29.5. The summed E-state index contributed by atoms with van der Waals surface area (Å²) in [6.07, 6.45) is 7.05. The Morgan fingerprint density at radius 3 is 2.25 bits per heavy atom. The number of carbonyl (C=O) groups is 2. The molecule has 5 aliphatic rings. The van der Waals surface area contributed by atoms with E-state index in [0.29, 0.717) is 11.8 Å². The number of carbonyl (C=O) groups excluding carboxylic acids is 1. The molecule has 4 saturated heterocycles. The lowest BCUT2D eigenvalue weighted by molar-refractivity contribution is -0.151. The number of alkyl halides is 2. The number of halogens is 3. The lowest BCUT2D eigenvalue weighted by Gasteiger charge is -2.53. The first-order chi connectivity index (χ1) is 24.6. The number of likely N-dealkylation sites (tertiary alicyclic amines) is 3. The van der Waals surface area contributed by atoms with Crippen LogP contribution in [0, 0.1) is 29.5 Å². The third-order valence-corrected chi connectivity index (χ3v) is 12.9. The maximum absolute atomic E-state index is 15.2. The Balaban J connectivity index is 0.991. The molecule has 0 spiro atoms. The average Bonchev–Trinajstić information content (AvgIpc) is 3.74. The van der Waals surface area contributed by atoms with Crippen molar-refractivity contribution in [2.24, 2.45) is 23.7 Å². The van der Waals surface area contributed by atoms with Gasteiger partial charge in [0.25, 0.3) is 5.92 Å². The van der Waals surface area contributed by atoms with E-state index >= 15 is 8.78 Å². The molecule has 11 heteroatoms. The van der Waals surface area contributed by atoms with Gasteiger partial charge in [-0.3, -0.25) is 4.79 Å². The van der Waals surface area contributed by atoms with Gasteiger partial charge in [-0.05, 0) is 118 Å². The number of benzene rings is 2. The van der Waals surface area contributed by atoms with Gasteiger partial charge in [0.1, 0.15) is 5.82 Å². The predicted octanol–water partition coefficient (Wildman–Crippen LogP) is 6.18. The van der Waals surface area contributed by atoms with Crippen molar-refractivity contribution in [1.29, 1.82) is 0 Å². The molecule has 2 aromatic rings. The molecule has 7 rings (SSSR count). The lowest BCUT2D eigenvalue weighted by Crippen LogP contribution is -2.59. The van der Waals surface area contributed by atoms with E-state index < -0.39 is 17.9 Å². The number of amides is 2. The fourth-order valence-corrected chi connectivity index (χ4v) is 10.0. The first-order valence-electron chi connectivity index (χ1n) is 18.9. The third kappa shape index (κ3) is 7.25. The van der Waals surface area contributed by atoms with Gasteiger partial charge in [-0.25, -0.2) is 18.0 Å². The van der Waals surface area contributed by atoms with Crippen LogP contribution in [0.2, 0.25) is 0 Å². The Labute approximate surface area is 299 Å². The molecule has 51 heavy (non-hydrogen) atoms. The number of hydrogen-bond donors (Lipinski definition) is 2. The second kappa shape index (κ2) is 14.8. The Kier molecular flexibility index (Phi) is 10.4. The summed E-state index contributed by atoms with van der Waals surface area (Å²) >= 11 is 0. The zero-order chi connectivity index (χ0) is 35.8. The van der Waals surface area contributed by atoms with E-state index in [2.05, 4.69) is 32.7 Å². The van der Waals surface area contributed by atoms with Crippen LogP contribution in [0.4, 0.5) is 23.7 Å². The van der Waals surface area contributed by atoms with Gasteiger partial charge in [0.2, 0.25) is 5.91 Å². The summed E-state index contributed by atoms with van der Waals surface area (Å²) in [4.78, 5) is 32.4. The molecule has 0 aromatic heterocycles. The number of rotatable bonds is 12. The quantitative estimate of drug-likeness (QED) is 0.257. The standard InChI is InChI=1S/C40H52F3N5O3/c1-2-37(49)48-25-32(26-48)40(42,43)30-10-12-34(13-11-30)47-21-14-28(24-47)23-45-19-15-29(16-20-45)39(27-46-17-5-18-46,31-6-3-7-33(41)22-31)35-8-4-9-36(35)44-38(50)51/h2-3,6-7,10-13,22,28-29,32,35-36,44H,1,4-5,8-9,14-21,23-27H2,(H,50,51)/t28?,35-,36-,39?/m0/s1. The molecule has 0 radical (unpaired) electrons. The van der Waals surface area contributed by atoms with Crippen molar-refractivity contribution >= 4 is 17.7 Å². The SMILES string of the molecule is C=CC(=O)N1CC(C(F)(F)c2ccc(N3CCC(CN4CCC(C(CN5CCC5)(c5cccc(F)c5)[C@H]5CCC[C@@H]5NC(=O)O)CC4)C3)cc2)C1. The fraction of sp³-hybridized carbons (Fsp3) is 0.600. The fourth-order valence-electron chi connectivity index (χ4n) is 10.0. The molecule has 2 unspecified atom stereocenters. The van der Waals surface area contributed by atoms with E-state index in [-0.39, 0.29) is 47.8 Å². The van der Waals surface area contributed by atoms with Gasteiger partial charge in [0.05, 0.1) is 5.92 Å². The second-order valence-corrected chi connectivity index (χ2v) is 15.8. The summed E-state index contributed by atoms with van der Waals surface area (Å²) < 4.78 is 45.3. The number of piperidine rings is 1. The smallest absolute Gasteiger partial charge is 0.404 e. The van der Waals surface area contributed by atoms with Gasteiger partial charge in [-0.15, -0.1) is 0 Å². The number of anilines is 1. The molecule has 2 aromatic carbocycles. The molecule has 8 nitrogen and oxygen atoms in total. The van der Waals surface area contributed by atoms with E-state index in [1.54, 1.807) is 6.07 Å². The molecule has 0 bridgehead atoms. The van der Waals surface area contributed by atoms with Gasteiger partial charge in [-0.2, -0.15) is 0 Å². The van der Waals surface area contributed by atoms with Crippen molar-refractivity contribution in [2.45, 2.75) is 62.3 Å². The summed E-state index contributed by atoms with van der Waals surface area (Å²) in [5.41, 5.74) is 1.63. The molecule has 276 valence electrons. The highest BCUT2D eigenvalue weighted by Gasteiger charge is 2.53. The third-order valence-electron chi connectivity index (χ3n) is 12.9. The van der Waals surface area contributed by atoms with Crippen LogP contribution in [0.5, 0.6) is 0 Å². The first-order valence-corrected chi connectivity index (χ1v) is 18.9. The first kappa shape index (κ1) is 35.8. The van der Waals surface area contributed by atoms with Gasteiger partial charge >= 0.3 is 6.09 Å². The molecule has 2 N–H and O–H groups in total. The van der Waals surface area contributed by atoms with Crippen LogP contribution < -0.4 is 10.2 Å². The highest BCUT2D eigenvalue weighted by atomic mass is 19.3. The van der Waals surface area contributed by atoms with E-state index in [1.165, 1.54) is 29.2 Å². The van der Waals surface area contributed by atoms with Crippen molar-refractivity contribution in [3.63, 3.8) is 0 Å². The average molecular weight is 708 g/mol. The summed E-state index contributed by atoms with van der Waals surface area (Å²) in [7, 11) is 0. The van der Waals surface area contributed by atoms with Crippen molar-refractivity contribution in [2.75, 3.05) is 70.3 Å². The molecule has 5 fully saturated rings. The second-order valence-electron chi connectivity index (χ2n) is 15.8. The maximum Gasteiger partial charge on any atom is 0.404 e. The molecule has 1 aliphatic carbocycles. The van der Waals surface area contributed by atoms with Crippen LogP contribution in [0.3, 0.4) is 0 Å². The van der Waals surface area contributed by atoms with Crippen LogP contribution in [-0.4, -0.2) is 103 Å². The van der Waals surface area contributed by atoms with E-state index in [9.17, 15) is 19.1 Å². The van der Waals surface area contributed by atoms with Crippen LogP contribution in [0.25, 0.3) is 0 Å². The normalized spacial score (nSPS) is 26.4. The van der Waals surface area contributed by atoms with Crippen LogP contribution in [-0.2, 0) is 16.1 Å². The molecule has 4 atom stereocenters. The minimum atomic E-state index is -3.00. The predicted molar refractivity (Wildman–Crippen MR) is 192 cm³/mol. The van der Waals surface area contributed by atoms with E-state index in [0.717, 1.165) is 109 Å².